The van der Waals surface area contributed by atoms with Gasteiger partial charge in [-0.2, -0.15) is 0 Å². The molecule has 3 rings (SSSR count). The van der Waals surface area contributed by atoms with E-state index in [4.69, 9.17) is 0 Å². The van der Waals surface area contributed by atoms with Crippen molar-refractivity contribution in [2.45, 2.75) is 39.5 Å². The predicted molar refractivity (Wildman–Crippen MR) is 103 cm³/mol. The van der Waals surface area contributed by atoms with E-state index in [9.17, 15) is 9.59 Å². The number of amides is 2. The number of nitrogens with zero attached hydrogens (tertiary/aromatic N) is 2. The van der Waals surface area contributed by atoms with E-state index in [1.807, 2.05) is 30.0 Å². The Labute approximate surface area is 154 Å². The Bertz CT molecular complexity index is 811. The Morgan fingerprint density at radius 3 is 2.65 bits per heavy atom. The summed E-state index contributed by atoms with van der Waals surface area (Å²) in [6.07, 6.45) is 5.61. The second-order valence-corrected chi connectivity index (χ2v) is 6.70. The number of likely N-dealkylation sites (tertiary alicyclic amines) is 1. The fraction of sp³-hybridized carbons (Fsp3) is 0.381. The van der Waals surface area contributed by atoms with Crippen molar-refractivity contribution >= 4 is 17.5 Å². The minimum atomic E-state index is -0.290. The molecule has 1 aliphatic heterocycles. The highest BCUT2D eigenvalue weighted by Gasteiger charge is 2.20. The molecule has 0 spiro atoms. The van der Waals surface area contributed by atoms with E-state index in [1.165, 1.54) is 12.6 Å². The highest BCUT2D eigenvalue weighted by Crippen LogP contribution is 2.22. The highest BCUT2D eigenvalue weighted by molar-refractivity contribution is 6.05. The van der Waals surface area contributed by atoms with E-state index in [0.717, 1.165) is 49.2 Å². The van der Waals surface area contributed by atoms with Crippen LogP contribution in [-0.2, 0) is 6.42 Å². The van der Waals surface area contributed by atoms with Crippen molar-refractivity contribution in [2.24, 2.45) is 0 Å². The van der Waals surface area contributed by atoms with Crippen LogP contribution >= 0.6 is 0 Å². The van der Waals surface area contributed by atoms with Gasteiger partial charge < -0.3 is 10.2 Å². The summed E-state index contributed by atoms with van der Waals surface area (Å²) in [5.41, 5.74) is 3.71. The lowest BCUT2D eigenvalue weighted by Crippen LogP contribution is -2.35. The fourth-order valence-electron chi connectivity index (χ4n) is 3.35. The predicted octanol–water partition coefficient (Wildman–Crippen LogP) is 3.83. The van der Waals surface area contributed by atoms with Gasteiger partial charge in [0.1, 0.15) is 5.69 Å². The summed E-state index contributed by atoms with van der Waals surface area (Å²) in [7, 11) is 0. The third kappa shape index (κ3) is 3.93. The monoisotopic (exact) mass is 351 g/mol. The lowest BCUT2D eigenvalue weighted by Gasteiger charge is -2.26. The van der Waals surface area contributed by atoms with Crippen molar-refractivity contribution < 1.29 is 9.59 Å². The van der Waals surface area contributed by atoms with Gasteiger partial charge in [0.05, 0.1) is 0 Å². The minimum Gasteiger partial charge on any atom is -0.339 e. The normalized spacial score (nSPS) is 14.2. The van der Waals surface area contributed by atoms with Crippen LogP contribution in [0.5, 0.6) is 0 Å². The maximum absolute atomic E-state index is 12.7. The molecule has 5 heteroatoms. The zero-order chi connectivity index (χ0) is 18.5. The molecule has 2 amide bonds. The van der Waals surface area contributed by atoms with Gasteiger partial charge in [0.25, 0.3) is 11.8 Å². The van der Waals surface area contributed by atoms with Gasteiger partial charge in [-0.3, -0.25) is 14.6 Å². The summed E-state index contributed by atoms with van der Waals surface area (Å²) in [5, 5.41) is 2.97. The Balaban J connectivity index is 1.79. The first-order valence-electron chi connectivity index (χ1n) is 9.25. The van der Waals surface area contributed by atoms with Crippen molar-refractivity contribution in [2.75, 3.05) is 18.4 Å². The Kier molecular flexibility index (Phi) is 5.66. The van der Waals surface area contributed by atoms with Gasteiger partial charge in [-0.05, 0) is 55.9 Å². The van der Waals surface area contributed by atoms with Crippen molar-refractivity contribution in [1.29, 1.82) is 0 Å². The zero-order valence-corrected chi connectivity index (χ0v) is 15.4. The van der Waals surface area contributed by atoms with Crippen LogP contribution in [0.1, 0.15) is 58.2 Å². The maximum atomic E-state index is 12.7. The molecule has 2 heterocycles. The van der Waals surface area contributed by atoms with Crippen LogP contribution in [-0.4, -0.2) is 34.8 Å². The smallest absolute Gasteiger partial charge is 0.274 e. The van der Waals surface area contributed by atoms with Gasteiger partial charge in [0.2, 0.25) is 0 Å². The molecule has 2 aromatic rings. The number of carbonyl (C=O) groups is 2. The number of para-hydroxylation sites is 1. The molecule has 0 unspecified atom stereocenters. The van der Waals surface area contributed by atoms with Crippen molar-refractivity contribution in [3.8, 4) is 0 Å². The molecule has 0 radical (unpaired) electrons. The molecule has 1 N–H and O–H groups in total. The number of aromatic nitrogens is 1. The van der Waals surface area contributed by atoms with Crippen LogP contribution in [0.3, 0.4) is 0 Å². The largest absolute Gasteiger partial charge is 0.339 e. The molecule has 5 nitrogen and oxygen atoms in total. The van der Waals surface area contributed by atoms with Crippen LogP contribution in [0.2, 0.25) is 0 Å². The highest BCUT2D eigenvalue weighted by atomic mass is 16.2. The van der Waals surface area contributed by atoms with Gasteiger partial charge in [0, 0.05) is 30.5 Å². The molecule has 1 saturated heterocycles. The molecule has 1 fully saturated rings. The van der Waals surface area contributed by atoms with E-state index >= 15 is 0 Å². The van der Waals surface area contributed by atoms with E-state index in [0.29, 0.717) is 5.56 Å². The molecule has 0 atom stereocenters. The molecule has 0 bridgehead atoms. The van der Waals surface area contributed by atoms with Crippen molar-refractivity contribution in [1.82, 2.24) is 9.88 Å². The number of nitrogens with one attached hydrogen (secondary N) is 1. The third-order valence-electron chi connectivity index (χ3n) is 4.86. The Morgan fingerprint density at radius 1 is 1.15 bits per heavy atom. The average Bonchev–Trinajstić information content (AvgIpc) is 2.69. The summed E-state index contributed by atoms with van der Waals surface area (Å²) in [6, 6.07) is 9.24. The van der Waals surface area contributed by atoms with E-state index in [1.54, 1.807) is 12.1 Å². The number of benzene rings is 1. The topological polar surface area (TPSA) is 62.3 Å². The van der Waals surface area contributed by atoms with Crippen LogP contribution in [0, 0.1) is 6.92 Å². The Hall–Kier alpha value is -2.69. The van der Waals surface area contributed by atoms with Gasteiger partial charge in [-0.1, -0.05) is 25.1 Å². The summed E-state index contributed by atoms with van der Waals surface area (Å²) >= 11 is 0. The van der Waals surface area contributed by atoms with Gasteiger partial charge in [-0.25, -0.2) is 0 Å². The first kappa shape index (κ1) is 18.1. The zero-order valence-electron chi connectivity index (χ0n) is 15.4. The van der Waals surface area contributed by atoms with Crippen LogP contribution < -0.4 is 5.32 Å². The maximum Gasteiger partial charge on any atom is 0.274 e. The number of aryl methyl sites for hydroxylation is 2. The first-order valence-corrected chi connectivity index (χ1v) is 9.25. The lowest BCUT2D eigenvalue weighted by atomic mass is 10.1. The number of carbonyl (C=O) groups excluding carboxylic acids is 2. The molecule has 1 aromatic carbocycles. The van der Waals surface area contributed by atoms with Crippen LogP contribution in [0.4, 0.5) is 5.69 Å². The van der Waals surface area contributed by atoms with E-state index in [-0.39, 0.29) is 17.5 Å². The van der Waals surface area contributed by atoms with Gasteiger partial charge >= 0.3 is 0 Å². The number of piperidine rings is 1. The number of rotatable bonds is 4. The number of anilines is 1. The number of hydrogen-bond donors (Lipinski definition) is 1. The fourth-order valence-corrected chi connectivity index (χ4v) is 3.35. The molecule has 1 aromatic heterocycles. The molecule has 136 valence electrons. The van der Waals surface area contributed by atoms with Crippen LogP contribution in [0.15, 0.2) is 36.5 Å². The van der Waals surface area contributed by atoms with Gasteiger partial charge in [0.15, 0.2) is 0 Å². The average molecular weight is 351 g/mol. The third-order valence-corrected chi connectivity index (χ3v) is 4.86. The summed E-state index contributed by atoms with van der Waals surface area (Å²) < 4.78 is 0. The second-order valence-electron chi connectivity index (χ2n) is 6.70. The van der Waals surface area contributed by atoms with Crippen molar-refractivity contribution in [3.63, 3.8) is 0 Å². The van der Waals surface area contributed by atoms with Crippen molar-refractivity contribution in [3.05, 3.63) is 58.9 Å². The lowest BCUT2D eigenvalue weighted by molar-refractivity contribution is 0.0724. The second kappa shape index (κ2) is 8.13. The minimum absolute atomic E-state index is 0.0220. The summed E-state index contributed by atoms with van der Waals surface area (Å²) in [5.74, 6) is -0.311. The molecule has 0 saturated carbocycles. The number of hydrogen-bond acceptors (Lipinski definition) is 3. The quantitative estimate of drug-likeness (QED) is 0.910. The van der Waals surface area contributed by atoms with Gasteiger partial charge in [-0.15, -0.1) is 0 Å². The Morgan fingerprint density at radius 2 is 1.92 bits per heavy atom. The number of pyridine rings is 1. The summed E-state index contributed by atoms with van der Waals surface area (Å²) in [6.45, 7) is 5.59. The van der Waals surface area contributed by atoms with E-state index < -0.39 is 0 Å². The molecule has 0 aliphatic carbocycles. The SMILES string of the molecule is CCc1cccc(C)c1NC(=O)c1cc(C(=O)N2CCCCC2)ccn1. The molecule has 1 aliphatic rings. The first-order chi connectivity index (χ1) is 12.6. The van der Waals surface area contributed by atoms with Crippen LogP contribution in [0.25, 0.3) is 0 Å². The molecular formula is C21H25N3O2. The van der Waals surface area contributed by atoms with E-state index in [2.05, 4.69) is 17.2 Å². The standard InChI is InChI=1S/C21H25N3O2/c1-3-16-9-7-8-15(2)19(16)23-20(25)18-14-17(10-11-22-18)21(26)24-12-5-4-6-13-24/h7-11,14H,3-6,12-13H2,1-2H3,(H,23,25). The molecular weight excluding hydrogens is 326 g/mol. The molecule has 26 heavy (non-hydrogen) atoms. The summed E-state index contributed by atoms with van der Waals surface area (Å²) in [4.78, 5) is 31.4.